The smallest absolute Gasteiger partial charge is 0.322 e. The van der Waals surface area contributed by atoms with Gasteiger partial charge in [0.25, 0.3) is 0 Å². The average Bonchev–Trinajstić information content (AvgIpc) is 2.13. The first-order chi connectivity index (χ1) is 6.77. The van der Waals surface area contributed by atoms with Crippen LogP contribution in [0.5, 0.6) is 0 Å². The number of rotatable bonds is 0. The lowest BCUT2D eigenvalue weighted by molar-refractivity contribution is 0.221. The highest BCUT2D eigenvalue weighted by Crippen LogP contribution is 2.16. The molecule has 2 aliphatic rings. The van der Waals surface area contributed by atoms with Crippen molar-refractivity contribution in [1.29, 1.82) is 0 Å². The van der Waals surface area contributed by atoms with Crippen LogP contribution in [0.2, 0.25) is 0 Å². The predicted octanol–water partition coefficient (Wildman–Crippen LogP) is 2.16. The summed E-state index contributed by atoms with van der Waals surface area (Å²) in [6, 6.07) is -0.110. The molecular formula is C11H14N2O. The van der Waals surface area contributed by atoms with Gasteiger partial charge in [-0.3, -0.25) is 0 Å². The van der Waals surface area contributed by atoms with E-state index < -0.39 is 0 Å². The van der Waals surface area contributed by atoms with E-state index in [-0.39, 0.29) is 6.03 Å². The first kappa shape index (κ1) is 9.19. The van der Waals surface area contributed by atoms with Gasteiger partial charge in [-0.25, -0.2) is 4.79 Å². The Morgan fingerprint density at radius 1 is 1.43 bits per heavy atom. The largest absolute Gasteiger partial charge is 0.343 e. The molecule has 0 aromatic rings. The number of urea groups is 1. The summed E-state index contributed by atoms with van der Waals surface area (Å²) in [6.45, 7) is 0.714. The molecule has 0 N–H and O–H groups in total. The molecule has 14 heavy (non-hydrogen) atoms. The van der Waals surface area contributed by atoms with E-state index in [2.05, 4.69) is 23.2 Å². The molecule has 1 aliphatic heterocycles. The Kier molecular flexibility index (Phi) is 2.48. The number of fused-ring (bicyclic) bond motifs is 1. The second-order valence-electron chi connectivity index (χ2n) is 3.67. The van der Waals surface area contributed by atoms with Crippen molar-refractivity contribution in [2.24, 2.45) is 4.99 Å². The number of allylic oxidation sites excluding steroid dienone is 3. The van der Waals surface area contributed by atoms with Crippen molar-refractivity contribution >= 4 is 11.7 Å². The minimum absolute atomic E-state index is 0.110. The Morgan fingerprint density at radius 2 is 2.29 bits per heavy atom. The van der Waals surface area contributed by atoms with Crippen LogP contribution in [0.3, 0.4) is 0 Å². The van der Waals surface area contributed by atoms with E-state index in [9.17, 15) is 4.79 Å². The number of amides is 2. The van der Waals surface area contributed by atoms with Crippen LogP contribution in [0.15, 0.2) is 28.8 Å². The van der Waals surface area contributed by atoms with Crippen LogP contribution in [0.4, 0.5) is 4.79 Å². The molecule has 0 bridgehead atoms. The van der Waals surface area contributed by atoms with Crippen LogP contribution in [0, 0.1) is 0 Å². The molecule has 0 saturated heterocycles. The zero-order chi connectivity index (χ0) is 9.97. The number of hydrogen-bond donors (Lipinski definition) is 0. The predicted molar refractivity (Wildman–Crippen MR) is 56.5 cm³/mol. The highest BCUT2D eigenvalue weighted by molar-refractivity contribution is 6.08. The van der Waals surface area contributed by atoms with Crippen LogP contribution >= 0.6 is 0 Å². The lowest BCUT2D eigenvalue weighted by Gasteiger charge is -2.24. The maximum Gasteiger partial charge on any atom is 0.343 e. The molecule has 0 aromatic heterocycles. The van der Waals surface area contributed by atoms with E-state index in [1.807, 2.05) is 0 Å². The standard InChI is InChI=1S/C11H14N2O/c1-13-8-9-6-4-2-3-5-7-10(9)12-11(13)14/h2-3,6H,4-5,7-8H2,1H3/b3-2-,9-6-. The van der Waals surface area contributed by atoms with Gasteiger partial charge in [0.15, 0.2) is 0 Å². The number of carbonyl (C=O) groups excluding carboxylic acids is 1. The molecule has 0 aromatic carbocycles. The van der Waals surface area contributed by atoms with Crippen molar-refractivity contribution in [3.8, 4) is 0 Å². The van der Waals surface area contributed by atoms with E-state index in [0.29, 0.717) is 6.54 Å². The topological polar surface area (TPSA) is 32.7 Å². The van der Waals surface area contributed by atoms with Crippen LogP contribution in [0.25, 0.3) is 0 Å². The van der Waals surface area contributed by atoms with Crippen molar-refractivity contribution in [2.75, 3.05) is 13.6 Å². The van der Waals surface area contributed by atoms with Crippen LogP contribution in [0.1, 0.15) is 19.3 Å². The summed E-state index contributed by atoms with van der Waals surface area (Å²) >= 11 is 0. The minimum Gasteiger partial charge on any atom is -0.322 e. The third-order valence-corrected chi connectivity index (χ3v) is 2.55. The summed E-state index contributed by atoms with van der Waals surface area (Å²) in [7, 11) is 1.79. The second kappa shape index (κ2) is 3.78. The van der Waals surface area contributed by atoms with E-state index in [1.165, 1.54) is 5.57 Å². The maximum absolute atomic E-state index is 11.3. The first-order valence-electron chi connectivity index (χ1n) is 4.94. The molecule has 74 valence electrons. The molecule has 1 aliphatic carbocycles. The Bertz CT molecular complexity index is 339. The van der Waals surface area contributed by atoms with E-state index in [0.717, 1.165) is 25.0 Å². The normalized spacial score (nSPS) is 28.1. The molecule has 0 unspecified atom stereocenters. The molecular weight excluding hydrogens is 176 g/mol. The van der Waals surface area contributed by atoms with Gasteiger partial charge in [0, 0.05) is 13.6 Å². The Balaban J connectivity index is 2.29. The third-order valence-electron chi connectivity index (χ3n) is 2.55. The fourth-order valence-electron chi connectivity index (χ4n) is 1.73. The number of aliphatic imine (C=N–C) groups is 1. The molecule has 0 saturated carbocycles. The molecule has 0 spiro atoms. The van der Waals surface area contributed by atoms with Crippen LogP contribution < -0.4 is 0 Å². The van der Waals surface area contributed by atoms with Gasteiger partial charge in [-0.2, -0.15) is 4.99 Å². The van der Waals surface area contributed by atoms with E-state index in [1.54, 1.807) is 11.9 Å². The summed E-state index contributed by atoms with van der Waals surface area (Å²) in [5.41, 5.74) is 2.20. The molecule has 2 amide bonds. The van der Waals surface area contributed by atoms with Gasteiger partial charge in [0.05, 0.1) is 5.71 Å². The van der Waals surface area contributed by atoms with Gasteiger partial charge in [-0.1, -0.05) is 18.2 Å². The van der Waals surface area contributed by atoms with Gasteiger partial charge >= 0.3 is 6.03 Å². The molecule has 0 atom stereocenters. The van der Waals surface area contributed by atoms with Gasteiger partial charge in [0.1, 0.15) is 0 Å². The van der Waals surface area contributed by atoms with Gasteiger partial charge in [-0.15, -0.1) is 0 Å². The fraction of sp³-hybridized carbons (Fsp3) is 0.455. The molecule has 2 rings (SSSR count). The summed E-state index contributed by atoms with van der Waals surface area (Å²) in [6.07, 6.45) is 9.32. The second-order valence-corrected chi connectivity index (χ2v) is 3.67. The first-order valence-corrected chi connectivity index (χ1v) is 4.94. The zero-order valence-corrected chi connectivity index (χ0v) is 8.36. The average molecular weight is 190 g/mol. The summed E-state index contributed by atoms with van der Waals surface area (Å²) in [5.74, 6) is 0. The van der Waals surface area contributed by atoms with Crippen molar-refractivity contribution in [3.63, 3.8) is 0 Å². The Hall–Kier alpha value is -1.38. The third kappa shape index (κ3) is 1.76. The van der Waals surface area contributed by atoms with Gasteiger partial charge in [0.2, 0.25) is 0 Å². The fourth-order valence-corrected chi connectivity index (χ4v) is 1.73. The van der Waals surface area contributed by atoms with Gasteiger partial charge < -0.3 is 4.90 Å². The van der Waals surface area contributed by atoms with Crippen molar-refractivity contribution in [2.45, 2.75) is 19.3 Å². The monoisotopic (exact) mass is 190 g/mol. The summed E-state index contributed by atoms with van der Waals surface area (Å²) < 4.78 is 0. The zero-order valence-electron chi connectivity index (χ0n) is 8.36. The van der Waals surface area contributed by atoms with Crippen LogP contribution in [-0.4, -0.2) is 30.2 Å². The van der Waals surface area contributed by atoms with Crippen LogP contribution in [-0.2, 0) is 0 Å². The van der Waals surface area contributed by atoms with Crippen molar-refractivity contribution < 1.29 is 4.79 Å². The highest BCUT2D eigenvalue weighted by Gasteiger charge is 2.20. The molecule has 1 heterocycles. The maximum atomic E-state index is 11.3. The lowest BCUT2D eigenvalue weighted by Crippen LogP contribution is -2.34. The number of hydrogen-bond acceptors (Lipinski definition) is 1. The number of nitrogens with zero attached hydrogens (tertiary/aromatic N) is 2. The quantitative estimate of drug-likeness (QED) is 0.539. The molecule has 0 fully saturated rings. The van der Waals surface area contributed by atoms with Crippen molar-refractivity contribution in [3.05, 3.63) is 23.8 Å². The van der Waals surface area contributed by atoms with Crippen molar-refractivity contribution in [1.82, 2.24) is 4.90 Å². The molecule has 3 nitrogen and oxygen atoms in total. The number of likely N-dealkylation sites (N-methyl/N-ethyl adjacent to an activating group) is 1. The van der Waals surface area contributed by atoms with E-state index >= 15 is 0 Å². The minimum atomic E-state index is -0.110. The Labute approximate surface area is 83.8 Å². The number of carbonyl (C=O) groups is 1. The summed E-state index contributed by atoms with van der Waals surface area (Å²) in [5, 5.41) is 0. The Morgan fingerprint density at radius 3 is 3.14 bits per heavy atom. The summed E-state index contributed by atoms with van der Waals surface area (Å²) in [4.78, 5) is 17.1. The SMILES string of the molecule is CN1C/C2=C/C/C=C\CCC2=NC1=O. The molecule has 3 heteroatoms. The lowest BCUT2D eigenvalue weighted by atomic mass is 10.00. The highest BCUT2D eigenvalue weighted by atomic mass is 16.2. The van der Waals surface area contributed by atoms with Gasteiger partial charge in [-0.05, 0) is 24.8 Å². The van der Waals surface area contributed by atoms with E-state index in [4.69, 9.17) is 0 Å². The molecule has 0 radical (unpaired) electrons.